The largest absolute Gasteiger partial charge is 0.474 e. The Morgan fingerprint density at radius 1 is 1.40 bits per heavy atom. The van der Waals surface area contributed by atoms with Crippen molar-refractivity contribution < 1.29 is 4.74 Å². The van der Waals surface area contributed by atoms with Crippen molar-refractivity contribution in [3.8, 4) is 5.88 Å². The molecule has 1 aliphatic carbocycles. The Morgan fingerprint density at radius 2 is 2.25 bits per heavy atom. The molecule has 3 rings (SSSR count). The van der Waals surface area contributed by atoms with Gasteiger partial charge in [0, 0.05) is 24.8 Å². The van der Waals surface area contributed by atoms with Gasteiger partial charge >= 0.3 is 0 Å². The molecule has 1 aliphatic heterocycles. The van der Waals surface area contributed by atoms with Crippen molar-refractivity contribution in [1.82, 2.24) is 15.6 Å². The van der Waals surface area contributed by atoms with Crippen LogP contribution in [0.3, 0.4) is 0 Å². The van der Waals surface area contributed by atoms with Crippen LogP contribution < -0.4 is 15.4 Å². The fourth-order valence-corrected chi connectivity index (χ4v) is 2.65. The third kappa shape index (κ3) is 3.40. The van der Waals surface area contributed by atoms with Crippen molar-refractivity contribution >= 4 is 5.96 Å². The van der Waals surface area contributed by atoms with E-state index < -0.39 is 0 Å². The van der Waals surface area contributed by atoms with Crippen molar-refractivity contribution in [3.05, 3.63) is 23.9 Å². The van der Waals surface area contributed by atoms with E-state index in [4.69, 9.17) is 4.74 Å². The first kappa shape index (κ1) is 13.2. The van der Waals surface area contributed by atoms with Crippen molar-refractivity contribution in [3.63, 3.8) is 0 Å². The summed E-state index contributed by atoms with van der Waals surface area (Å²) in [7, 11) is 0. The summed E-state index contributed by atoms with van der Waals surface area (Å²) in [4.78, 5) is 8.68. The number of guanidine groups is 1. The molecule has 1 unspecified atom stereocenters. The molecule has 0 aromatic carbocycles. The molecular formula is C15H22N4O. The number of aromatic nitrogens is 1. The third-order valence-corrected chi connectivity index (χ3v) is 3.76. The second kappa shape index (κ2) is 6.11. The van der Waals surface area contributed by atoms with Gasteiger partial charge in [0.1, 0.15) is 6.10 Å². The zero-order valence-electron chi connectivity index (χ0n) is 11.9. The SMILES string of the molecule is CC1CN=C(NCc2ccnc(OC3CCCC3)c2)N1. The van der Waals surface area contributed by atoms with Crippen LogP contribution in [0.5, 0.6) is 5.88 Å². The van der Waals surface area contributed by atoms with Gasteiger partial charge in [0.2, 0.25) is 5.88 Å². The van der Waals surface area contributed by atoms with Crippen LogP contribution in [0.15, 0.2) is 23.3 Å². The van der Waals surface area contributed by atoms with Crippen LogP contribution in [0.25, 0.3) is 0 Å². The molecule has 2 N–H and O–H groups in total. The highest BCUT2D eigenvalue weighted by Gasteiger charge is 2.17. The van der Waals surface area contributed by atoms with E-state index in [2.05, 4.69) is 27.5 Å². The molecule has 1 aromatic rings. The highest BCUT2D eigenvalue weighted by molar-refractivity contribution is 5.81. The number of nitrogens with one attached hydrogen (secondary N) is 2. The van der Waals surface area contributed by atoms with Gasteiger partial charge in [0.05, 0.1) is 6.54 Å². The van der Waals surface area contributed by atoms with Gasteiger partial charge in [0.15, 0.2) is 5.96 Å². The number of hydrogen-bond donors (Lipinski definition) is 2. The fourth-order valence-electron chi connectivity index (χ4n) is 2.65. The van der Waals surface area contributed by atoms with E-state index in [0.29, 0.717) is 12.1 Å². The number of aliphatic imine (C=N–C) groups is 1. The second-order valence-electron chi connectivity index (χ2n) is 5.61. The lowest BCUT2D eigenvalue weighted by Crippen LogP contribution is -2.37. The molecule has 0 spiro atoms. The van der Waals surface area contributed by atoms with Crippen LogP contribution in [-0.2, 0) is 6.54 Å². The number of rotatable bonds is 4. The fraction of sp³-hybridized carbons (Fsp3) is 0.600. The lowest BCUT2D eigenvalue weighted by Gasteiger charge is -2.13. The maximum Gasteiger partial charge on any atom is 0.213 e. The Morgan fingerprint density at radius 3 is 3.00 bits per heavy atom. The average molecular weight is 274 g/mol. The molecule has 1 saturated carbocycles. The molecule has 0 amide bonds. The molecule has 1 atom stereocenters. The normalized spacial score (nSPS) is 22.4. The zero-order valence-corrected chi connectivity index (χ0v) is 11.9. The minimum absolute atomic E-state index is 0.354. The summed E-state index contributed by atoms with van der Waals surface area (Å²) in [6.07, 6.45) is 7.03. The second-order valence-corrected chi connectivity index (χ2v) is 5.61. The molecule has 0 saturated heterocycles. The lowest BCUT2D eigenvalue weighted by atomic mass is 10.2. The Bertz CT molecular complexity index is 483. The third-order valence-electron chi connectivity index (χ3n) is 3.76. The molecular weight excluding hydrogens is 252 g/mol. The number of hydrogen-bond acceptors (Lipinski definition) is 5. The molecule has 0 bridgehead atoms. The van der Waals surface area contributed by atoms with Crippen molar-refractivity contribution in [2.24, 2.45) is 4.99 Å². The molecule has 108 valence electrons. The highest BCUT2D eigenvalue weighted by Crippen LogP contribution is 2.23. The summed E-state index contributed by atoms with van der Waals surface area (Å²) in [6.45, 7) is 3.70. The smallest absolute Gasteiger partial charge is 0.213 e. The van der Waals surface area contributed by atoms with Crippen molar-refractivity contribution in [2.45, 2.75) is 51.3 Å². The summed E-state index contributed by atoms with van der Waals surface area (Å²) >= 11 is 0. The summed E-state index contributed by atoms with van der Waals surface area (Å²) in [6, 6.07) is 4.45. The molecule has 1 aromatic heterocycles. The van der Waals surface area contributed by atoms with E-state index in [1.807, 2.05) is 18.3 Å². The van der Waals surface area contributed by atoms with E-state index in [9.17, 15) is 0 Å². The standard InChI is InChI=1S/C15H22N4O/c1-11-9-17-15(19-11)18-10-12-6-7-16-14(8-12)20-13-4-2-3-5-13/h6-8,11,13H,2-5,9-10H2,1H3,(H2,17,18,19). The minimum atomic E-state index is 0.354. The number of pyridine rings is 1. The Kier molecular flexibility index (Phi) is 4.04. The van der Waals surface area contributed by atoms with Gasteiger partial charge in [-0.3, -0.25) is 4.99 Å². The van der Waals surface area contributed by atoms with Crippen LogP contribution in [0, 0.1) is 0 Å². The molecule has 1 fully saturated rings. The number of nitrogens with zero attached hydrogens (tertiary/aromatic N) is 2. The maximum atomic E-state index is 5.92. The van der Waals surface area contributed by atoms with Crippen LogP contribution in [0.2, 0.25) is 0 Å². The molecule has 5 nitrogen and oxygen atoms in total. The van der Waals surface area contributed by atoms with Gasteiger partial charge in [-0.05, 0) is 44.2 Å². The Hall–Kier alpha value is -1.78. The summed E-state index contributed by atoms with van der Waals surface area (Å²) in [5.74, 6) is 1.62. The quantitative estimate of drug-likeness (QED) is 0.879. The predicted octanol–water partition coefficient (Wildman–Crippen LogP) is 1.84. The van der Waals surface area contributed by atoms with Gasteiger partial charge in [-0.1, -0.05) is 0 Å². The van der Waals surface area contributed by atoms with Crippen LogP contribution >= 0.6 is 0 Å². The van der Waals surface area contributed by atoms with Gasteiger partial charge in [-0.25, -0.2) is 4.98 Å². The average Bonchev–Trinajstić information content (AvgIpc) is 3.09. The van der Waals surface area contributed by atoms with Crippen LogP contribution in [0.4, 0.5) is 0 Å². The van der Waals surface area contributed by atoms with E-state index in [-0.39, 0.29) is 0 Å². The van der Waals surface area contributed by atoms with E-state index in [1.165, 1.54) is 12.8 Å². The summed E-state index contributed by atoms with van der Waals surface area (Å²) in [5.41, 5.74) is 1.16. The Balaban J connectivity index is 1.54. The summed E-state index contributed by atoms with van der Waals surface area (Å²) in [5, 5.41) is 6.59. The van der Waals surface area contributed by atoms with E-state index in [0.717, 1.165) is 43.3 Å². The topological polar surface area (TPSA) is 58.5 Å². The van der Waals surface area contributed by atoms with Crippen molar-refractivity contribution in [2.75, 3.05) is 6.54 Å². The summed E-state index contributed by atoms with van der Waals surface area (Å²) < 4.78 is 5.92. The monoisotopic (exact) mass is 274 g/mol. The minimum Gasteiger partial charge on any atom is -0.474 e. The van der Waals surface area contributed by atoms with Crippen LogP contribution in [-0.4, -0.2) is 29.6 Å². The van der Waals surface area contributed by atoms with Gasteiger partial charge in [-0.15, -0.1) is 0 Å². The first-order chi connectivity index (χ1) is 9.79. The van der Waals surface area contributed by atoms with Crippen molar-refractivity contribution in [1.29, 1.82) is 0 Å². The first-order valence-electron chi connectivity index (χ1n) is 7.46. The number of ether oxygens (including phenoxy) is 1. The molecule has 2 aliphatic rings. The van der Waals surface area contributed by atoms with E-state index >= 15 is 0 Å². The molecule has 2 heterocycles. The highest BCUT2D eigenvalue weighted by atomic mass is 16.5. The molecule has 20 heavy (non-hydrogen) atoms. The molecule has 5 heteroatoms. The maximum absolute atomic E-state index is 5.92. The van der Waals surface area contributed by atoms with Gasteiger partial charge in [-0.2, -0.15) is 0 Å². The zero-order chi connectivity index (χ0) is 13.8. The van der Waals surface area contributed by atoms with E-state index in [1.54, 1.807) is 0 Å². The van der Waals surface area contributed by atoms with Crippen LogP contribution in [0.1, 0.15) is 38.2 Å². The first-order valence-corrected chi connectivity index (χ1v) is 7.46. The molecule has 0 radical (unpaired) electrons. The van der Waals surface area contributed by atoms with Gasteiger partial charge < -0.3 is 15.4 Å². The Labute approximate surface area is 119 Å². The van der Waals surface area contributed by atoms with Gasteiger partial charge in [0.25, 0.3) is 0 Å². The predicted molar refractivity (Wildman–Crippen MR) is 78.9 cm³/mol. The lowest BCUT2D eigenvalue weighted by molar-refractivity contribution is 0.201.